The van der Waals surface area contributed by atoms with E-state index in [0.29, 0.717) is 24.3 Å². The third-order valence-corrected chi connectivity index (χ3v) is 8.01. The Labute approximate surface area is 209 Å². The summed E-state index contributed by atoms with van der Waals surface area (Å²) >= 11 is 0. The number of carbonyl (C=O) groups excluding carboxylic acids is 2. The van der Waals surface area contributed by atoms with E-state index in [1.807, 2.05) is 27.0 Å². The number of likely N-dealkylation sites (N-methyl/N-ethyl adjacent to an activating group) is 1. The summed E-state index contributed by atoms with van der Waals surface area (Å²) in [6.07, 6.45) is -0.467. The summed E-state index contributed by atoms with van der Waals surface area (Å²) in [4.78, 5) is 37.5. The van der Waals surface area contributed by atoms with Crippen LogP contribution in [-0.2, 0) is 35.9 Å². The number of piperidine rings is 1. The van der Waals surface area contributed by atoms with Crippen LogP contribution in [0.4, 0.5) is 0 Å². The van der Waals surface area contributed by atoms with Gasteiger partial charge in [-0.15, -0.1) is 0 Å². The second kappa shape index (κ2) is 9.49. The molecule has 3 aliphatic rings. The maximum atomic E-state index is 12.9. The van der Waals surface area contributed by atoms with Gasteiger partial charge in [0, 0.05) is 23.6 Å². The van der Waals surface area contributed by atoms with Crippen LogP contribution in [0.2, 0.25) is 0 Å². The first-order chi connectivity index (χ1) is 17.0. The number of nitrogens with zero attached hydrogens (tertiary/aromatic N) is 1. The van der Waals surface area contributed by atoms with E-state index < -0.39 is 47.6 Å². The topological polar surface area (TPSA) is 143 Å². The van der Waals surface area contributed by atoms with Crippen LogP contribution in [0.5, 0.6) is 5.75 Å². The Morgan fingerprint density at radius 2 is 2.00 bits per heavy atom. The van der Waals surface area contributed by atoms with Crippen molar-refractivity contribution in [3.05, 3.63) is 40.7 Å². The number of esters is 2. The molecule has 10 nitrogen and oxygen atoms in total. The summed E-state index contributed by atoms with van der Waals surface area (Å²) in [5.41, 5.74) is 0.152. The van der Waals surface area contributed by atoms with Crippen molar-refractivity contribution in [2.45, 2.75) is 82.3 Å². The lowest BCUT2D eigenvalue weighted by Gasteiger charge is -2.58. The third-order valence-electron chi connectivity index (χ3n) is 8.01. The van der Waals surface area contributed by atoms with Gasteiger partial charge in [-0.25, -0.2) is 4.79 Å². The largest absolute Gasteiger partial charge is 0.481 e. The average molecular weight is 504 g/mol. The second-order valence-corrected chi connectivity index (χ2v) is 9.96. The Morgan fingerprint density at radius 3 is 2.67 bits per heavy atom. The number of rotatable bonds is 7. The first kappa shape index (κ1) is 26.1. The van der Waals surface area contributed by atoms with Crippen LogP contribution in [0, 0.1) is 6.92 Å². The molecule has 1 aromatic carbocycles. The van der Waals surface area contributed by atoms with E-state index in [1.54, 1.807) is 12.1 Å². The van der Waals surface area contributed by atoms with Crippen molar-refractivity contribution in [1.29, 1.82) is 0 Å². The van der Waals surface area contributed by atoms with Crippen molar-refractivity contribution >= 4 is 17.9 Å². The van der Waals surface area contributed by atoms with Gasteiger partial charge in [0.25, 0.3) is 0 Å². The fourth-order valence-electron chi connectivity index (χ4n) is 5.91. The molecule has 1 aromatic rings. The predicted octanol–water partition coefficient (Wildman–Crippen LogP) is 1.57. The van der Waals surface area contributed by atoms with Gasteiger partial charge in [-0.1, -0.05) is 12.1 Å². The van der Waals surface area contributed by atoms with Crippen LogP contribution in [-0.4, -0.2) is 75.6 Å². The predicted molar refractivity (Wildman–Crippen MR) is 126 cm³/mol. The van der Waals surface area contributed by atoms with Crippen LogP contribution in [0.3, 0.4) is 0 Å². The third kappa shape index (κ3) is 3.97. The van der Waals surface area contributed by atoms with E-state index in [-0.39, 0.29) is 31.2 Å². The number of ether oxygens (including phenoxy) is 3. The quantitative estimate of drug-likeness (QED) is 0.469. The van der Waals surface area contributed by atoms with E-state index in [4.69, 9.17) is 19.3 Å². The monoisotopic (exact) mass is 503 g/mol. The van der Waals surface area contributed by atoms with Gasteiger partial charge in [-0.2, -0.15) is 0 Å². The summed E-state index contributed by atoms with van der Waals surface area (Å²) in [6.45, 7) is 5.68. The molecule has 0 radical (unpaired) electrons. The molecular weight excluding hydrogens is 470 g/mol. The zero-order chi connectivity index (χ0) is 26.4. The lowest BCUT2D eigenvalue weighted by atomic mass is 9.54. The van der Waals surface area contributed by atoms with E-state index in [1.165, 1.54) is 6.92 Å². The summed E-state index contributed by atoms with van der Waals surface area (Å²) in [7, 11) is 1.96. The van der Waals surface area contributed by atoms with Gasteiger partial charge >= 0.3 is 17.9 Å². The highest BCUT2D eigenvalue weighted by Gasteiger charge is 2.69. The minimum Gasteiger partial charge on any atom is -0.481 e. The lowest BCUT2D eigenvalue weighted by Crippen LogP contribution is -2.71. The number of aliphatic hydroxyl groups is 2. The van der Waals surface area contributed by atoms with Crippen molar-refractivity contribution in [1.82, 2.24) is 4.90 Å². The molecule has 2 heterocycles. The van der Waals surface area contributed by atoms with Crippen LogP contribution in [0.15, 0.2) is 24.0 Å². The molecule has 196 valence electrons. The standard InChI is InChI=1S/C26H33NO9/c1-14-5-6-17(13-28)22-21(14)25-11-12-27(4)16(3)26(25,33)10-9-18(23(25)36-22)35-24(32)15(2)34-20(31)8-7-19(29)30/h5-6,9,15-16,23,28,33H,7-8,10-13H2,1-4H3,(H,29,30)/t15-,16+,23-,25-,26+/m0/s1. The van der Waals surface area contributed by atoms with Crippen molar-refractivity contribution in [2.24, 2.45) is 0 Å². The molecule has 2 aliphatic heterocycles. The molecule has 10 heteroatoms. The number of carbonyl (C=O) groups is 3. The fourth-order valence-corrected chi connectivity index (χ4v) is 5.91. The Hall–Kier alpha value is -2.95. The lowest BCUT2D eigenvalue weighted by molar-refractivity contribution is -0.172. The van der Waals surface area contributed by atoms with Crippen LogP contribution >= 0.6 is 0 Å². The second-order valence-electron chi connectivity index (χ2n) is 9.96. The Kier molecular flexibility index (Phi) is 6.89. The van der Waals surface area contributed by atoms with E-state index in [0.717, 1.165) is 11.1 Å². The first-order valence-corrected chi connectivity index (χ1v) is 12.1. The average Bonchev–Trinajstić information content (AvgIpc) is 3.20. The minimum absolute atomic E-state index is 0.204. The summed E-state index contributed by atoms with van der Waals surface area (Å²) in [5, 5.41) is 30.9. The number of aliphatic hydroxyl groups excluding tert-OH is 1. The summed E-state index contributed by atoms with van der Waals surface area (Å²) in [5.74, 6) is -2.08. The molecule has 5 atom stereocenters. The first-order valence-electron chi connectivity index (χ1n) is 12.1. The molecule has 4 rings (SSSR count). The number of aryl methyl sites for hydroxylation is 1. The van der Waals surface area contributed by atoms with Crippen LogP contribution in [0.1, 0.15) is 56.2 Å². The number of fused-ring (bicyclic) bond motifs is 1. The molecule has 1 spiro atoms. The van der Waals surface area contributed by atoms with Gasteiger partial charge in [-0.3, -0.25) is 9.59 Å². The van der Waals surface area contributed by atoms with Gasteiger partial charge in [0.15, 0.2) is 12.2 Å². The molecule has 0 amide bonds. The molecule has 0 unspecified atom stereocenters. The smallest absolute Gasteiger partial charge is 0.352 e. The number of benzene rings is 1. The van der Waals surface area contributed by atoms with Crippen molar-refractivity contribution in [3.8, 4) is 5.75 Å². The van der Waals surface area contributed by atoms with Gasteiger partial charge in [0.2, 0.25) is 0 Å². The maximum Gasteiger partial charge on any atom is 0.352 e. The van der Waals surface area contributed by atoms with Crippen LogP contribution in [0.25, 0.3) is 0 Å². The normalized spacial score (nSPS) is 29.7. The van der Waals surface area contributed by atoms with E-state index in [9.17, 15) is 24.6 Å². The molecule has 0 bridgehead atoms. The molecular formula is C26H33NO9. The molecule has 1 fully saturated rings. The molecule has 1 saturated heterocycles. The van der Waals surface area contributed by atoms with Gasteiger partial charge < -0.3 is 34.4 Å². The molecule has 0 saturated carbocycles. The number of aliphatic carboxylic acids is 1. The molecule has 36 heavy (non-hydrogen) atoms. The van der Waals surface area contributed by atoms with Gasteiger partial charge in [0.1, 0.15) is 11.5 Å². The summed E-state index contributed by atoms with van der Waals surface area (Å²) in [6, 6.07) is 3.45. The number of hydrogen-bond donors (Lipinski definition) is 3. The Morgan fingerprint density at radius 1 is 1.28 bits per heavy atom. The fraction of sp³-hybridized carbons (Fsp3) is 0.577. The van der Waals surface area contributed by atoms with E-state index in [2.05, 4.69) is 4.90 Å². The Balaban J connectivity index is 1.68. The molecule has 0 aromatic heterocycles. The highest BCUT2D eigenvalue weighted by Crippen LogP contribution is 2.61. The molecule has 3 N–H and O–H groups in total. The number of carboxylic acids is 1. The number of likely N-dealkylation sites (tertiary alicyclic amines) is 1. The Bertz CT molecular complexity index is 1110. The van der Waals surface area contributed by atoms with Crippen molar-refractivity contribution in [2.75, 3.05) is 13.6 Å². The zero-order valence-electron chi connectivity index (χ0n) is 20.9. The minimum atomic E-state index is -1.26. The highest BCUT2D eigenvalue weighted by molar-refractivity contribution is 5.81. The van der Waals surface area contributed by atoms with Gasteiger partial charge in [-0.05, 0) is 52.4 Å². The van der Waals surface area contributed by atoms with Crippen molar-refractivity contribution in [3.63, 3.8) is 0 Å². The maximum absolute atomic E-state index is 12.9. The van der Waals surface area contributed by atoms with Crippen molar-refractivity contribution < 1.29 is 43.9 Å². The highest BCUT2D eigenvalue weighted by atomic mass is 16.6. The zero-order valence-corrected chi connectivity index (χ0v) is 20.9. The van der Waals surface area contributed by atoms with Crippen LogP contribution < -0.4 is 4.74 Å². The summed E-state index contributed by atoms with van der Waals surface area (Å²) < 4.78 is 17.2. The van der Waals surface area contributed by atoms with E-state index >= 15 is 0 Å². The SMILES string of the molecule is Cc1ccc(CO)c2c1[C@]13CCN(C)[C@H](C)[C@]1(O)CC=C(OC(=O)[C@H](C)OC(=O)CCC(=O)O)[C@@H]3O2. The van der Waals surface area contributed by atoms with Gasteiger partial charge in [0.05, 0.1) is 30.5 Å². The number of hydrogen-bond acceptors (Lipinski definition) is 9. The molecule has 1 aliphatic carbocycles. The number of carboxylic acid groups (broad SMARTS) is 1.